The minimum Gasteiger partial charge on any atom is -0.188 e. The fraction of sp³-hybridized carbons (Fsp3) is 0.0909. The lowest BCUT2D eigenvalue weighted by atomic mass is 10.2. The lowest BCUT2D eigenvalue weighted by Crippen LogP contribution is -2.23. The van der Waals surface area contributed by atoms with Gasteiger partial charge in [-0.3, -0.25) is 0 Å². The highest BCUT2D eigenvalue weighted by Gasteiger charge is 2.12. The molecule has 0 atom stereocenters. The number of hydrogen-bond acceptors (Lipinski definition) is 2. The van der Waals surface area contributed by atoms with Gasteiger partial charge < -0.3 is 0 Å². The standard InChI is InChI=1S/C11H8IN2S/c12-5-8-6-15-11-9-3-1-2-4-10(9)13-7-14(8)11/h1-4,6-7H,5H2/q+1. The highest BCUT2D eigenvalue weighted by molar-refractivity contribution is 14.1. The number of para-hydroxylation sites is 1. The maximum absolute atomic E-state index is 4.46. The first kappa shape index (κ1) is 9.47. The molecule has 0 aliphatic heterocycles. The average molecular weight is 327 g/mol. The van der Waals surface area contributed by atoms with Gasteiger partial charge >= 0.3 is 0 Å². The molecule has 0 fully saturated rings. The summed E-state index contributed by atoms with van der Waals surface area (Å²) in [5, 5.41) is 3.44. The third kappa shape index (κ3) is 1.43. The number of thiazole rings is 1. The van der Waals surface area contributed by atoms with Gasteiger partial charge in [0.05, 0.1) is 9.81 Å². The van der Waals surface area contributed by atoms with Crippen LogP contribution in [0.1, 0.15) is 5.69 Å². The maximum atomic E-state index is 4.46. The van der Waals surface area contributed by atoms with Crippen molar-refractivity contribution >= 4 is 49.7 Å². The SMILES string of the molecule is ICc1csc2c3ccccc3nc[n+]12. The van der Waals surface area contributed by atoms with Gasteiger partial charge in [-0.1, -0.05) is 46.1 Å². The van der Waals surface area contributed by atoms with Crippen LogP contribution in [0.15, 0.2) is 36.0 Å². The molecule has 0 unspecified atom stereocenters. The first-order chi connectivity index (χ1) is 7.40. The monoisotopic (exact) mass is 327 g/mol. The number of nitrogens with zero attached hydrogens (tertiary/aromatic N) is 2. The van der Waals surface area contributed by atoms with Crippen molar-refractivity contribution in [2.24, 2.45) is 0 Å². The van der Waals surface area contributed by atoms with Crippen LogP contribution in [-0.2, 0) is 4.43 Å². The van der Waals surface area contributed by atoms with Crippen LogP contribution in [0.3, 0.4) is 0 Å². The van der Waals surface area contributed by atoms with E-state index in [2.05, 4.69) is 55.6 Å². The molecule has 1 aromatic carbocycles. The number of hydrogen-bond donors (Lipinski definition) is 0. The highest BCUT2D eigenvalue weighted by Crippen LogP contribution is 2.20. The van der Waals surface area contributed by atoms with E-state index in [-0.39, 0.29) is 0 Å². The van der Waals surface area contributed by atoms with Gasteiger partial charge in [0.15, 0.2) is 10.3 Å². The summed E-state index contributed by atoms with van der Waals surface area (Å²) in [6, 6.07) is 8.27. The molecule has 0 aliphatic rings. The van der Waals surface area contributed by atoms with Crippen LogP contribution in [0.4, 0.5) is 0 Å². The van der Waals surface area contributed by atoms with Gasteiger partial charge in [0.2, 0.25) is 0 Å². The van der Waals surface area contributed by atoms with Gasteiger partial charge in [-0.25, -0.2) is 0 Å². The van der Waals surface area contributed by atoms with E-state index in [1.165, 1.54) is 15.9 Å². The van der Waals surface area contributed by atoms with Crippen LogP contribution in [0.25, 0.3) is 15.7 Å². The molecule has 2 heterocycles. The number of rotatable bonds is 1. The smallest absolute Gasteiger partial charge is 0.188 e. The molecule has 0 saturated carbocycles. The Morgan fingerprint density at radius 1 is 1.33 bits per heavy atom. The zero-order chi connectivity index (χ0) is 10.3. The molecule has 15 heavy (non-hydrogen) atoms. The molecule has 0 saturated heterocycles. The van der Waals surface area contributed by atoms with E-state index >= 15 is 0 Å². The first-order valence-electron chi connectivity index (χ1n) is 4.61. The van der Waals surface area contributed by atoms with Crippen molar-refractivity contribution in [3.8, 4) is 0 Å². The van der Waals surface area contributed by atoms with Crippen molar-refractivity contribution in [2.75, 3.05) is 0 Å². The first-order valence-corrected chi connectivity index (χ1v) is 7.02. The number of benzene rings is 1. The summed E-state index contributed by atoms with van der Waals surface area (Å²) < 4.78 is 3.20. The molecule has 0 amide bonds. The van der Waals surface area contributed by atoms with Crippen molar-refractivity contribution in [3.05, 3.63) is 41.7 Å². The minimum absolute atomic E-state index is 1.02. The zero-order valence-electron chi connectivity index (χ0n) is 7.85. The third-order valence-electron chi connectivity index (χ3n) is 2.42. The van der Waals surface area contributed by atoms with Crippen LogP contribution in [0.2, 0.25) is 0 Å². The van der Waals surface area contributed by atoms with E-state index in [1.54, 1.807) is 11.3 Å². The van der Waals surface area contributed by atoms with Crippen molar-refractivity contribution < 1.29 is 4.40 Å². The third-order valence-corrected chi connectivity index (χ3v) is 4.23. The van der Waals surface area contributed by atoms with Gasteiger partial charge in [0.1, 0.15) is 5.69 Å². The van der Waals surface area contributed by atoms with E-state index in [1.807, 2.05) is 12.4 Å². The molecule has 0 N–H and O–H groups in total. The van der Waals surface area contributed by atoms with Crippen molar-refractivity contribution in [2.45, 2.75) is 4.43 Å². The summed E-state index contributed by atoms with van der Waals surface area (Å²) in [4.78, 5) is 5.74. The second-order valence-corrected chi connectivity index (χ2v) is 4.92. The molecule has 0 bridgehead atoms. The van der Waals surface area contributed by atoms with E-state index in [9.17, 15) is 0 Å². The Balaban J connectivity index is 2.50. The van der Waals surface area contributed by atoms with Crippen molar-refractivity contribution in [1.29, 1.82) is 0 Å². The molecule has 2 aromatic heterocycles. The molecule has 0 aliphatic carbocycles. The quantitative estimate of drug-likeness (QED) is 0.382. The van der Waals surface area contributed by atoms with Crippen LogP contribution in [-0.4, -0.2) is 4.98 Å². The Labute approximate surface area is 105 Å². The van der Waals surface area contributed by atoms with Crippen LogP contribution >= 0.6 is 33.9 Å². The average Bonchev–Trinajstić information content (AvgIpc) is 2.72. The normalized spacial score (nSPS) is 11.3. The van der Waals surface area contributed by atoms with Gasteiger partial charge in [-0.2, -0.15) is 4.40 Å². The van der Waals surface area contributed by atoms with Gasteiger partial charge in [-0.05, 0) is 17.1 Å². The van der Waals surface area contributed by atoms with Crippen molar-refractivity contribution in [3.63, 3.8) is 0 Å². The van der Waals surface area contributed by atoms with Crippen LogP contribution in [0, 0.1) is 0 Å². The predicted molar refractivity (Wildman–Crippen MR) is 70.5 cm³/mol. The van der Waals surface area contributed by atoms with Gasteiger partial charge in [0.25, 0.3) is 6.33 Å². The highest BCUT2D eigenvalue weighted by atomic mass is 127. The fourth-order valence-electron chi connectivity index (χ4n) is 1.67. The molecule has 3 aromatic rings. The molecule has 0 radical (unpaired) electrons. The summed E-state index contributed by atoms with van der Waals surface area (Å²) >= 11 is 4.17. The molecule has 3 rings (SSSR count). The Bertz CT molecular complexity index is 633. The number of halogens is 1. The summed E-state index contributed by atoms with van der Waals surface area (Å²) in [5.41, 5.74) is 2.38. The van der Waals surface area contributed by atoms with Gasteiger partial charge in [-0.15, -0.1) is 0 Å². The Kier molecular flexibility index (Phi) is 2.32. The van der Waals surface area contributed by atoms with E-state index < -0.39 is 0 Å². The maximum Gasteiger partial charge on any atom is 0.292 e. The number of aromatic nitrogens is 2. The molecule has 0 spiro atoms. The van der Waals surface area contributed by atoms with Crippen molar-refractivity contribution in [1.82, 2.24) is 4.98 Å². The second-order valence-electron chi connectivity index (χ2n) is 3.30. The topological polar surface area (TPSA) is 17.0 Å². The molecular formula is C11H8IN2S+. The van der Waals surface area contributed by atoms with Crippen LogP contribution < -0.4 is 4.40 Å². The van der Waals surface area contributed by atoms with E-state index in [0.717, 1.165) is 9.94 Å². The predicted octanol–water partition coefficient (Wildman–Crippen LogP) is 2.97. The van der Waals surface area contributed by atoms with Gasteiger partial charge in [0, 0.05) is 5.38 Å². The minimum atomic E-state index is 1.02. The molecule has 74 valence electrons. The Morgan fingerprint density at radius 2 is 2.20 bits per heavy atom. The van der Waals surface area contributed by atoms with Crippen LogP contribution in [0.5, 0.6) is 0 Å². The zero-order valence-corrected chi connectivity index (χ0v) is 10.8. The number of alkyl halides is 1. The summed E-state index contributed by atoms with van der Waals surface area (Å²) in [6.45, 7) is 0. The fourth-order valence-corrected chi connectivity index (χ4v) is 3.58. The Morgan fingerprint density at radius 3 is 3.07 bits per heavy atom. The molecule has 2 nitrogen and oxygen atoms in total. The lowest BCUT2D eigenvalue weighted by molar-refractivity contribution is -0.517. The summed E-state index contributed by atoms with van der Waals surface area (Å²) in [5.74, 6) is 0. The molecular weight excluding hydrogens is 319 g/mol. The molecule has 4 heteroatoms. The summed E-state index contributed by atoms with van der Waals surface area (Å²) in [6.07, 6.45) is 1.92. The second kappa shape index (κ2) is 3.68. The van der Waals surface area contributed by atoms with E-state index in [4.69, 9.17) is 0 Å². The Hall–Kier alpha value is -0.750. The number of fused-ring (bicyclic) bond motifs is 3. The lowest BCUT2D eigenvalue weighted by Gasteiger charge is -1.92. The largest absolute Gasteiger partial charge is 0.292 e. The summed E-state index contributed by atoms with van der Waals surface area (Å²) in [7, 11) is 0. The van der Waals surface area contributed by atoms with E-state index in [0.29, 0.717) is 0 Å².